The summed E-state index contributed by atoms with van der Waals surface area (Å²) in [7, 11) is -2.59. The first-order chi connectivity index (χ1) is 3.60. The molecule has 8 heavy (non-hydrogen) atoms. The topological polar surface area (TPSA) is 34.1 Å². The highest BCUT2D eigenvalue weighted by molar-refractivity contribution is 7.99. The van der Waals surface area contributed by atoms with Crippen molar-refractivity contribution in [2.45, 2.75) is 30.8 Å². The van der Waals surface area contributed by atoms with Crippen molar-refractivity contribution >= 4 is 9.84 Å². The Morgan fingerprint density at radius 2 is 1.88 bits per heavy atom. The molecular weight excluding hydrogens is 124 g/mol. The molecule has 0 aliphatic carbocycles. The monoisotopic (exact) mass is 134 g/mol. The molecule has 0 amide bonds. The Kier molecular flexibility index (Phi) is 1.11. The largest absolute Gasteiger partial charge is 0.228 e. The molecule has 48 valence electrons. The number of hydrogen-bond donors (Lipinski definition) is 0. The van der Waals surface area contributed by atoms with Gasteiger partial charge in [0.15, 0.2) is 9.84 Å². The summed E-state index contributed by atoms with van der Waals surface area (Å²) < 4.78 is 21.3. The van der Waals surface area contributed by atoms with E-state index in [1.807, 2.05) is 6.92 Å². The Bertz CT molecular complexity index is 181. The van der Waals surface area contributed by atoms with Gasteiger partial charge in [0.1, 0.15) is 0 Å². The summed E-state index contributed by atoms with van der Waals surface area (Å²) in [6, 6.07) is 0. The molecule has 1 aliphatic rings. The molecule has 2 nitrogen and oxygen atoms in total. The first-order valence-corrected chi connectivity index (χ1v) is 4.44. The van der Waals surface area contributed by atoms with Gasteiger partial charge in [-0.3, -0.25) is 0 Å². The molecule has 0 spiro atoms. The highest BCUT2D eigenvalue weighted by atomic mass is 32.2. The molecule has 1 aliphatic heterocycles. The van der Waals surface area contributed by atoms with Gasteiger partial charge in [0, 0.05) is 0 Å². The molecule has 1 saturated heterocycles. The van der Waals surface area contributed by atoms with Crippen molar-refractivity contribution in [3.05, 3.63) is 0 Å². The van der Waals surface area contributed by atoms with E-state index in [1.54, 1.807) is 6.92 Å². The molecule has 0 aromatic rings. The lowest BCUT2D eigenvalue weighted by molar-refractivity contribution is 0.610. The Morgan fingerprint density at radius 1 is 1.50 bits per heavy atom. The molecule has 1 rings (SSSR count). The zero-order valence-electron chi connectivity index (χ0n) is 5.09. The van der Waals surface area contributed by atoms with Gasteiger partial charge >= 0.3 is 0 Å². The van der Waals surface area contributed by atoms with Gasteiger partial charge in [-0.25, -0.2) is 8.42 Å². The van der Waals surface area contributed by atoms with Crippen LogP contribution >= 0.6 is 0 Å². The number of hydrogen-bond acceptors (Lipinski definition) is 2. The third-order valence-electron chi connectivity index (χ3n) is 1.79. The molecule has 0 saturated carbocycles. The van der Waals surface area contributed by atoms with E-state index in [4.69, 9.17) is 0 Å². The van der Waals surface area contributed by atoms with E-state index < -0.39 is 9.84 Å². The van der Waals surface area contributed by atoms with Crippen LogP contribution in [0.3, 0.4) is 0 Å². The van der Waals surface area contributed by atoms with E-state index in [9.17, 15) is 8.42 Å². The van der Waals surface area contributed by atoms with Gasteiger partial charge in [0.2, 0.25) is 0 Å². The average Bonchev–Trinajstić information content (AvgIpc) is 2.09. The average molecular weight is 134 g/mol. The third-order valence-corrected chi connectivity index (χ3v) is 4.43. The van der Waals surface area contributed by atoms with Crippen LogP contribution in [0.4, 0.5) is 0 Å². The Labute approximate surface area is 49.8 Å². The molecule has 0 N–H and O–H groups in total. The van der Waals surface area contributed by atoms with E-state index in [2.05, 4.69) is 0 Å². The lowest BCUT2D eigenvalue weighted by Crippen LogP contribution is -1.83. The molecule has 0 radical (unpaired) electrons. The molecule has 0 bridgehead atoms. The van der Waals surface area contributed by atoms with Crippen LogP contribution in [0.5, 0.6) is 0 Å². The predicted octanol–water partition coefficient (Wildman–Crippen LogP) is 0.582. The second-order valence-corrected chi connectivity index (χ2v) is 4.77. The van der Waals surface area contributed by atoms with Crippen molar-refractivity contribution < 1.29 is 8.42 Å². The van der Waals surface area contributed by atoms with Crippen molar-refractivity contribution in [1.29, 1.82) is 0 Å². The highest BCUT2D eigenvalue weighted by Crippen LogP contribution is 2.34. The standard InChI is InChI=1S/C5H10O2S/c1-3-5-4(2)8(5,6)7/h4-5H,3H2,1-2H3/t4-,5-/m0/s1. The Hall–Kier alpha value is -0.0500. The van der Waals surface area contributed by atoms with Crippen molar-refractivity contribution in [2.24, 2.45) is 0 Å². The summed E-state index contributed by atoms with van der Waals surface area (Å²) in [6.45, 7) is 3.68. The van der Waals surface area contributed by atoms with E-state index in [0.29, 0.717) is 0 Å². The summed E-state index contributed by atoms with van der Waals surface area (Å²) in [5.74, 6) is 0. The maximum Gasteiger partial charge on any atom is 0.158 e. The molecule has 2 atom stereocenters. The van der Waals surface area contributed by atoms with Crippen molar-refractivity contribution in [1.82, 2.24) is 0 Å². The van der Waals surface area contributed by atoms with Gasteiger partial charge in [-0.15, -0.1) is 0 Å². The third kappa shape index (κ3) is 0.573. The van der Waals surface area contributed by atoms with Gasteiger partial charge in [-0.1, -0.05) is 6.92 Å². The number of rotatable bonds is 1. The van der Waals surface area contributed by atoms with Crippen LogP contribution in [-0.2, 0) is 9.84 Å². The quantitative estimate of drug-likeness (QED) is 0.492. The van der Waals surface area contributed by atoms with Crippen LogP contribution in [0.15, 0.2) is 0 Å². The van der Waals surface area contributed by atoms with Gasteiger partial charge in [0.05, 0.1) is 10.5 Å². The maximum absolute atomic E-state index is 10.6. The van der Waals surface area contributed by atoms with Gasteiger partial charge in [-0.2, -0.15) is 0 Å². The Balaban J connectivity index is 2.73. The Morgan fingerprint density at radius 3 is 1.88 bits per heavy atom. The van der Waals surface area contributed by atoms with Crippen LogP contribution in [0, 0.1) is 0 Å². The summed E-state index contributed by atoms with van der Waals surface area (Å²) in [4.78, 5) is 0. The summed E-state index contributed by atoms with van der Waals surface area (Å²) >= 11 is 0. The molecule has 1 fully saturated rings. The first kappa shape index (κ1) is 6.08. The zero-order valence-corrected chi connectivity index (χ0v) is 5.90. The summed E-state index contributed by atoms with van der Waals surface area (Å²) in [6.07, 6.45) is 0.781. The summed E-state index contributed by atoms with van der Waals surface area (Å²) in [5, 5.41) is -0.0602. The maximum atomic E-state index is 10.6. The van der Waals surface area contributed by atoms with E-state index in [0.717, 1.165) is 6.42 Å². The van der Waals surface area contributed by atoms with Crippen molar-refractivity contribution in [2.75, 3.05) is 0 Å². The minimum atomic E-state index is -2.59. The fraction of sp³-hybridized carbons (Fsp3) is 1.00. The lowest BCUT2D eigenvalue weighted by atomic mass is 10.3. The van der Waals surface area contributed by atoms with Crippen LogP contribution in [0.2, 0.25) is 0 Å². The molecule has 0 aromatic heterocycles. The van der Waals surface area contributed by atoms with Gasteiger partial charge in [-0.05, 0) is 13.3 Å². The normalized spacial score (nSPS) is 41.8. The minimum Gasteiger partial charge on any atom is -0.228 e. The second-order valence-electron chi connectivity index (χ2n) is 2.24. The van der Waals surface area contributed by atoms with Crippen LogP contribution in [0.1, 0.15) is 20.3 Å². The zero-order chi connectivity index (χ0) is 6.36. The fourth-order valence-corrected chi connectivity index (χ4v) is 2.89. The predicted molar refractivity (Wildman–Crippen MR) is 32.5 cm³/mol. The molecule has 1 heterocycles. The molecule has 3 heteroatoms. The van der Waals surface area contributed by atoms with Crippen LogP contribution < -0.4 is 0 Å². The van der Waals surface area contributed by atoms with Crippen LogP contribution in [-0.4, -0.2) is 18.9 Å². The smallest absolute Gasteiger partial charge is 0.158 e. The second kappa shape index (κ2) is 1.47. The number of sulfone groups is 1. The van der Waals surface area contributed by atoms with E-state index in [1.165, 1.54) is 0 Å². The first-order valence-electron chi connectivity index (χ1n) is 2.83. The van der Waals surface area contributed by atoms with Gasteiger partial charge in [0.25, 0.3) is 0 Å². The van der Waals surface area contributed by atoms with E-state index in [-0.39, 0.29) is 10.5 Å². The van der Waals surface area contributed by atoms with Crippen molar-refractivity contribution in [3.8, 4) is 0 Å². The fourth-order valence-electron chi connectivity index (χ4n) is 1.03. The minimum absolute atomic E-state index is 0.0116. The van der Waals surface area contributed by atoms with Crippen LogP contribution in [0.25, 0.3) is 0 Å². The molecule has 0 aromatic carbocycles. The van der Waals surface area contributed by atoms with E-state index >= 15 is 0 Å². The molecule has 0 unspecified atom stereocenters. The van der Waals surface area contributed by atoms with Gasteiger partial charge < -0.3 is 0 Å². The molecular formula is C5H10O2S. The highest BCUT2D eigenvalue weighted by Gasteiger charge is 2.51. The summed E-state index contributed by atoms with van der Waals surface area (Å²) in [5.41, 5.74) is 0. The van der Waals surface area contributed by atoms with Crippen molar-refractivity contribution in [3.63, 3.8) is 0 Å². The SMILES string of the molecule is CC[C@H]1[C@H](C)S1(=O)=O. The lowest BCUT2D eigenvalue weighted by Gasteiger charge is -1.73.